The van der Waals surface area contributed by atoms with E-state index in [-0.39, 0.29) is 5.41 Å². The van der Waals surface area contributed by atoms with Gasteiger partial charge in [-0.25, -0.2) is 0 Å². The highest BCUT2D eigenvalue weighted by Gasteiger charge is 2.24. The van der Waals surface area contributed by atoms with E-state index < -0.39 is 0 Å². The van der Waals surface area contributed by atoms with Crippen LogP contribution in [0.1, 0.15) is 44.7 Å². The highest BCUT2D eigenvalue weighted by molar-refractivity contribution is 8.00. The molecule has 1 fully saturated rings. The van der Waals surface area contributed by atoms with Gasteiger partial charge in [0, 0.05) is 11.3 Å². The summed E-state index contributed by atoms with van der Waals surface area (Å²) in [7, 11) is 2.10. The lowest BCUT2D eigenvalue weighted by Crippen LogP contribution is -2.36. The third kappa shape index (κ3) is 4.00. The Bertz CT molecular complexity index is 385. The smallest absolute Gasteiger partial charge is 0.0223 e. The monoisotopic (exact) mass is 277 g/mol. The van der Waals surface area contributed by atoms with Gasteiger partial charge in [-0.1, -0.05) is 45.0 Å². The van der Waals surface area contributed by atoms with Crippen LogP contribution in [0.2, 0.25) is 0 Å². The van der Waals surface area contributed by atoms with Crippen LogP contribution in [0.5, 0.6) is 0 Å². The maximum atomic E-state index is 3.52. The zero-order valence-corrected chi connectivity index (χ0v) is 13.5. The van der Waals surface area contributed by atoms with Crippen LogP contribution in [0, 0.1) is 0 Å². The van der Waals surface area contributed by atoms with E-state index in [0.717, 1.165) is 11.7 Å². The molecule has 0 spiro atoms. The van der Waals surface area contributed by atoms with Gasteiger partial charge in [0.05, 0.1) is 0 Å². The van der Waals surface area contributed by atoms with Crippen LogP contribution < -0.4 is 5.32 Å². The van der Waals surface area contributed by atoms with E-state index in [1.807, 2.05) is 0 Å². The average molecular weight is 277 g/mol. The van der Waals surface area contributed by atoms with E-state index in [9.17, 15) is 0 Å². The van der Waals surface area contributed by atoms with Crippen molar-refractivity contribution in [2.24, 2.45) is 0 Å². The van der Waals surface area contributed by atoms with E-state index in [1.165, 1.54) is 29.7 Å². The van der Waals surface area contributed by atoms with Gasteiger partial charge in [0.15, 0.2) is 0 Å². The fraction of sp³-hybridized carbons (Fsp3) is 0.647. The molecule has 0 amide bonds. The Morgan fingerprint density at radius 2 is 1.95 bits per heavy atom. The predicted molar refractivity (Wildman–Crippen MR) is 87.2 cm³/mol. The molecule has 1 nitrogen and oxygen atoms in total. The minimum atomic E-state index is 0.252. The first-order valence-electron chi connectivity index (χ1n) is 7.39. The quantitative estimate of drug-likeness (QED) is 0.892. The van der Waals surface area contributed by atoms with Crippen molar-refractivity contribution < 1.29 is 0 Å². The Kier molecular flexibility index (Phi) is 4.97. The summed E-state index contributed by atoms with van der Waals surface area (Å²) in [5, 5.41) is 4.31. The third-order valence-corrected chi connectivity index (χ3v) is 5.58. The van der Waals surface area contributed by atoms with Gasteiger partial charge in [-0.05, 0) is 48.6 Å². The molecule has 2 atom stereocenters. The van der Waals surface area contributed by atoms with Gasteiger partial charge in [0.2, 0.25) is 0 Å². The van der Waals surface area contributed by atoms with Crippen LogP contribution >= 0.6 is 11.8 Å². The Morgan fingerprint density at radius 1 is 1.26 bits per heavy atom. The minimum Gasteiger partial charge on any atom is -0.316 e. The molecule has 1 N–H and O–H groups in total. The molecule has 0 saturated carbocycles. The predicted octanol–water partition coefficient (Wildman–Crippen LogP) is 4.01. The number of hydrogen-bond acceptors (Lipinski definition) is 2. The summed E-state index contributed by atoms with van der Waals surface area (Å²) in [6, 6.07) is 9.83. The average Bonchev–Trinajstić information content (AvgIpc) is 2.89. The van der Waals surface area contributed by atoms with Crippen molar-refractivity contribution in [1.29, 1.82) is 0 Å². The maximum Gasteiger partial charge on any atom is 0.0223 e. The summed E-state index contributed by atoms with van der Waals surface area (Å²) >= 11 is 2.14. The molecule has 1 heterocycles. The molecule has 0 aromatic heterocycles. The minimum absolute atomic E-state index is 0.252. The van der Waals surface area contributed by atoms with E-state index in [1.54, 1.807) is 0 Å². The lowest BCUT2D eigenvalue weighted by atomic mass is 9.86. The van der Waals surface area contributed by atoms with Crippen molar-refractivity contribution in [1.82, 2.24) is 5.32 Å². The highest BCUT2D eigenvalue weighted by Crippen LogP contribution is 2.30. The molecule has 0 radical (unpaired) electrons. The summed E-state index contributed by atoms with van der Waals surface area (Å²) in [4.78, 5) is 0. The fourth-order valence-electron chi connectivity index (χ4n) is 2.73. The second-order valence-electron chi connectivity index (χ2n) is 6.60. The first-order chi connectivity index (χ1) is 9.00. The fourth-order valence-corrected chi connectivity index (χ4v) is 4.17. The summed E-state index contributed by atoms with van der Waals surface area (Å²) in [5.41, 5.74) is 3.13. The summed E-state index contributed by atoms with van der Waals surface area (Å²) in [6.07, 6.45) is 3.91. The number of benzene rings is 1. The van der Waals surface area contributed by atoms with Crippen LogP contribution in [0.25, 0.3) is 0 Å². The topological polar surface area (TPSA) is 12.0 Å². The van der Waals surface area contributed by atoms with Crippen molar-refractivity contribution in [2.45, 2.75) is 56.7 Å². The molecule has 1 aromatic rings. The van der Waals surface area contributed by atoms with Crippen LogP contribution in [0.15, 0.2) is 24.3 Å². The Balaban J connectivity index is 2.01. The van der Waals surface area contributed by atoms with Crippen molar-refractivity contribution in [3.05, 3.63) is 35.4 Å². The van der Waals surface area contributed by atoms with Gasteiger partial charge in [0.1, 0.15) is 0 Å². The summed E-state index contributed by atoms with van der Waals surface area (Å²) < 4.78 is 0. The Morgan fingerprint density at radius 3 is 2.42 bits per heavy atom. The van der Waals surface area contributed by atoms with Gasteiger partial charge in [-0.3, -0.25) is 0 Å². The maximum absolute atomic E-state index is 3.52. The molecule has 2 heteroatoms. The van der Waals surface area contributed by atoms with Crippen molar-refractivity contribution in [3.63, 3.8) is 0 Å². The molecule has 106 valence electrons. The second kappa shape index (κ2) is 6.32. The number of nitrogens with one attached hydrogen (secondary N) is 1. The normalized spacial score (nSPS) is 21.6. The largest absolute Gasteiger partial charge is 0.316 e. The molecule has 1 aliphatic rings. The molecule has 1 aromatic carbocycles. The van der Waals surface area contributed by atoms with Gasteiger partial charge in [0.25, 0.3) is 0 Å². The zero-order chi connectivity index (χ0) is 13.9. The molecule has 0 aliphatic carbocycles. The van der Waals surface area contributed by atoms with Crippen LogP contribution in [0.3, 0.4) is 0 Å². The Hall–Kier alpha value is -0.470. The second-order valence-corrected chi connectivity index (χ2v) is 7.94. The highest BCUT2D eigenvalue weighted by atomic mass is 32.2. The molecule has 0 bridgehead atoms. The SMILES string of the molecule is CNC(Cc1ccc(C(C)(C)C)cc1)C1CCCS1. The van der Waals surface area contributed by atoms with E-state index >= 15 is 0 Å². The van der Waals surface area contributed by atoms with Crippen LogP contribution in [-0.4, -0.2) is 24.1 Å². The van der Waals surface area contributed by atoms with Crippen molar-refractivity contribution in [3.8, 4) is 0 Å². The summed E-state index contributed by atoms with van der Waals surface area (Å²) in [5.74, 6) is 1.34. The summed E-state index contributed by atoms with van der Waals surface area (Å²) in [6.45, 7) is 6.81. The lowest BCUT2D eigenvalue weighted by molar-refractivity contribution is 0.523. The van der Waals surface area contributed by atoms with Gasteiger partial charge in [-0.15, -0.1) is 0 Å². The molecule has 1 aliphatic heterocycles. The molecular weight excluding hydrogens is 250 g/mol. The van der Waals surface area contributed by atoms with Gasteiger partial charge >= 0.3 is 0 Å². The van der Waals surface area contributed by atoms with E-state index in [0.29, 0.717) is 6.04 Å². The first kappa shape index (κ1) is 14.9. The number of hydrogen-bond donors (Lipinski definition) is 1. The van der Waals surface area contributed by atoms with Crippen molar-refractivity contribution >= 4 is 11.8 Å². The zero-order valence-electron chi connectivity index (χ0n) is 12.7. The molecule has 2 unspecified atom stereocenters. The number of rotatable bonds is 4. The van der Waals surface area contributed by atoms with Crippen LogP contribution in [0.4, 0.5) is 0 Å². The van der Waals surface area contributed by atoms with Crippen molar-refractivity contribution in [2.75, 3.05) is 12.8 Å². The molecule has 1 saturated heterocycles. The van der Waals surface area contributed by atoms with E-state index in [2.05, 4.69) is 69.2 Å². The Labute approximate surface area is 122 Å². The molecule has 19 heavy (non-hydrogen) atoms. The first-order valence-corrected chi connectivity index (χ1v) is 8.44. The lowest BCUT2D eigenvalue weighted by Gasteiger charge is -2.23. The van der Waals surface area contributed by atoms with Crippen LogP contribution in [-0.2, 0) is 11.8 Å². The van der Waals surface area contributed by atoms with Gasteiger partial charge in [-0.2, -0.15) is 11.8 Å². The van der Waals surface area contributed by atoms with E-state index in [4.69, 9.17) is 0 Å². The standard InChI is InChI=1S/C17H27NS/c1-17(2,3)14-9-7-13(8-10-14)12-15(18-4)16-6-5-11-19-16/h7-10,15-16,18H,5-6,11-12H2,1-4H3. The van der Waals surface area contributed by atoms with Gasteiger partial charge < -0.3 is 5.32 Å². The number of likely N-dealkylation sites (N-methyl/N-ethyl adjacent to an activating group) is 1. The third-order valence-electron chi connectivity index (χ3n) is 4.06. The number of thioether (sulfide) groups is 1. The molecule has 2 rings (SSSR count). The molecular formula is C17H27NS.